The van der Waals surface area contributed by atoms with E-state index in [0.717, 1.165) is 6.54 Å². The summed E-state index contributed by atoms with van der Waals surface area (Å²) in [5, 5.41) is 3.65. The van der Waals surface area contributed by atoms with E-state index in [1.807, 2.05) is 11.3 Å². The van der Waals surface area contributed by atoms with Crippen LogP contribution in [0.25, 0.3) is 0 Å². The van der Waals surface area contributed by atoms with Gasteiger partial charge in [0, 0.05) is 22.0 Å². The smallest absolute Gasteiger partial charge is 0.0411 e. The van der Waals surface area contributed by atoms with Crippen LogP contribution < -0.4 is 5.32 Å². The largest absolute Gasteiger partial charge is 0.381 e. The molecule has 0 unspecified atom stereocenters. The van der Waals surface area contributed by atoms with Crippen molar-refractivity contribution < 1.29 is 0 Å². The Kier molecular flexibility index (Phi) is 3.61. The Morgan fingerprint density at radius 1 is 1.16 bits per heavy atom. The first-order chi connectivity index (χ1) is 9.24. The molecule has 1 heterocycles. The zero-order valence-corrected chi connectivity index (χ0v) is 12.6. The summed E-state index contributed by atoms with van der Waals surface area (Å²) >= 11 is 1.89. The molecule has 0 saturated heterocycles. The van der Waals surface area contributed by atoms with Crippen LogP contribution in [0.2, 0.25) is 0 Å². The molecule has 3 rings (SSSR count). The van der Waals surface area contributed by atoms with E-state index in [-0.39, 0.29) is 0 Å². The van der Waals surface area contributed by atoms with Crippen molar-refractivity contribution in [2.24, 2.45) is 0 Å². The standard InChI is InChI=1S/C17H21NS/c1-12-10-15(13(2)19-12)11-18-17-9-5-7-14-6-3-4-8-16(14)17/h5,7,9-10,18H,3-4,6,8,11H2,1-2H3. The van der Waals surface area contributed by atoms with Crippen LogP contribution in [-0.2, 0) is 19.4 Å². The van der Waals surface area contributed by atoms with Gasteiger partial charge < -0.3 is 5.32 Å². The number of hydrogen-bond acceptors (Lipinski definition) is 2. The topological polar surface area (TPSA) is 12.0 Å². The normalized spacial score (nSPS) is 14.2. The summed E-state index contributed by atoms with van der Waals surface area (Å²) in [4.78, 5) is 2.85. The molecule has 0 amide bonds. The van der Waals surface area contributed by atoms with Crippen LogP contribution in [0.3, 0.4) is 0 Å². The number of rotatable bonds is 3. The fraction of sp³-hybridized carbons (Fsp3) is 0.412. The second-order valence-electron chi connectivity index (χ2n) is 5.44. The van der Waals surface area contributed by atoms with Crippen molar-refractivity contribution in [3.63, 3.8) is 0 Å². The molecule has 0 saturated carbocycles. The number of hydrogen-bond donors (Lipinski definition) is 1. The molecule has 2 heteroatoms. The Morgan fingerprint density at radius 2 is 2.00 bits per heavy atom. The summed E-state index contributed by atoms with van der Waals surface area (Å²) in [7, 11) is 0. The second-order valence-corrected chi connectivity index (χ2v) is 6.90. The lowest BCUT2D eigenvalue weighted by atomic mass is 9.90. The van der Waals surface area contributed by atoms with Gasteiger partial charge in [-0.15, -0.1) is 11.3 Å². The molecule has 0 spiro atoms. The van der Waals surface area contributed by atoms with Gasteiger partial charge in [-0.25, -0.2) is 0 Å². The minimum absolute atomic E-state index is 0.951. The molecule has 100 valence electrons. The quantitative estimate of drug-likeness (QED) is 0.841. The van der Waals surface area contributed by atoms with E-state index >= 15 is 0 Å². The van der Waals surface area contributed by atoms with E-state index in [4.69, 9.17) is 0 Å². The molecule has 0 radical (unpaired) electrons. The molecule has 0 fully saturated rings. The maximum absolute atomic E-state index is 3.65. The van der Waals surface area contributed by atoms with E-state index in [1.54, 1.807) is 11.1 Å². The summed E-state index contributed by atoms with van der Waals surface area (Å²) in [6.07, 6.45) is 5.17. The maximum atomic E-state index is 3.65. The minimum atomic E-state index is 0.951. The SMILES string of the molecule is Cc1cc(CNc2cccc3c2CCCC3)c(C)s1. The van der Waals surface area contributed by atoms with Crippen molar-refractivity contribution in [2.75, 3.05) is 5.32 Å². The van der Waals surface area contributed by atoms with E-state index in [1.165, 1.54) is 46.7 Å². The molecule has 19 heavy (non-hydrogen) atoms. The van der Waals surface area contributed by atoms with E-state index < -0.39 is 0 Å². The van der Waals surface area contributed by atoms with Crippen molar-refractivity contribution >= 4 is 17.0 Å². The van der Waals surface area contributed by atoms with Crippen LogP contribution in [0, 0.1) is 13.8 Å². The molecule has 1 aliphatic carbocycles. The minimum Gasteiger partial charge on any atom is -0.381 e. The molecule has 2 aromatic rings. The van der Waals surface area contributed by atoms with E-state index in [9.17, 15) is 0 Å². The Bertz CT molecular complexity index is 583. The molecule has 0 aliphatic heterocycles. The van der Waals surface area contributed by atoms with Crippen molar-refractivity contribution in [3.05, 3.63) is 50.7 Å². The Labute approximate surface area is 119 Å². The summed E-state index contributed by atoms with van der Waals surface area (Å²) in [5.41, 5.74) is 5.89. The van der Waals surface area contributed by atoms with Gasteiger partial charge >= 0.3 is 0 Å². The van der Waals surface area contributed by atoms with Gasteiger partial charge in [-0.1, -0.05) is 12.1 Å². The molecule has 1 aromatic heterocycles. The highest BCUT2D eigenvalue weighted by atomic mass is 32.1. The lowest BCUT2D eigenvalue weighted by molar-refractivity contribution is 0.686. The second kappa shape index (κ2) is 5.38. The van der Waals surface area contributed by atoms with Gasteiger partial charge in [-0.05, 0) is 68.4 Å². The first-order valence-electron chi connectivity index (χ1n) is 7.14. The summed E-state index contributed by atoms with van der Waals surface area (Å²) in [6.45, 7) is 5.35. The molecule has 1 aromatic carbocycles. The Hall–Kier alpha value is -1.28. The maximum Gasteiger partial charge on any atom is 0.0411 e. The number of benzene rings is 1. The third kappa shape index (κ3) is 2.69. The lowest BCUT2D eigenvalue weighted by Gasteiger charge is -2.20. The van der Waals surface area contributed by atoms with Crippen molar-refractivity contribution in [1.29, 1.82) is 0 Å². The average molecular weight is 271 g/mol. The molecular formula is C17H21NS. The van der Waals surface area contributed by atoms with Gasteiger partial charge in [0.15, 0.2) is 0 Å². The number of thiophene rings is 1. The summed E-state index contributed by atoms with van der Waals surface area (Å²) < 4.78 is 0. The predicted octanol–water partition coefficient (Wildman–Crippen LogP) is 4.86. The molecular weight excluding hydrogens is 250 g/mol. The number of anilines is 1. The monoisotopic (exact) mass is 271 g/mol. The summed E-state index contributed by atoms with van der Waals surface area (Å²) in [6, 6.07) is 9.03. The van der Waals surface area contributed by atoms with Gasteiger partial charge in [-0.3, -0.25) is 0 Å². The molecule has 0 bridgehead atoms. The van der Waals surface area contributed by atoms with Crippen molar-refractivity contribution in [2.45, 2.75) is 46.1 Å². The molecule has 1 nitrogen and oxygen atoms in total. The highest BCUT2D eigenvalue weighted by Crippen LogP contribution is 2.29. The van der Waals surface area contributed by atoms with Gasteiger partial charge in [0.25, 0.3) is 0 Å². The highest BCUT2D eigenvalue weighted by Gasteiger charge is 2.12. The zero-order chi connectivity index (χ0) is 13.2. The van der Waals surface area contributed by atoms with Crippen LogP contribution >= 0.6 is 11.3 Å². The summed E-state index contributed by atoms with van der Waals surface area (Å²) in [5.74, 6) is 0. The first kappa shape index (κ1) is 12.7. The van der Waals surface area contributed by atoms with Gasteiger partial charge in [0.05, 0.1) is 0 Å². The van der Waals surface area contributed by atoms with E-state index in [2.05, 4.69) is 43.4 Å². The number of fused-ring (bicyclic) bond motifs is 1. The Morgan fingerprint density at radius 3 is 2.79 bits per heavy atom. The van der Waals surface area contributed by atoms with Crippen molar-refractivity contribution in [3.8, 4) is 0 Å². The van der Waals surface area contributed by atoms with Crippen molar-refractivity contribution in [1.82, 2.24) is 0 Å². The van der Waals surface area contributed by atoms with Gasteiger partial charge in [-0.2, -0.15) is 0 Å². The van der Waals surface area contributed by atoms with Gasteiger partial charge in [0.2, 0.25) is 0 Å². The molecule has 1 aliphatic rings. The predicted molar refractivity (Wildman–Crippen MR) is 84.2 cm³/mol. The van der Waals surface area contributed by atoms with Crippen LogP contribution in [0.4, 0.5) is 5.69 Å². The van der Waals surface area contributed by atoms with Crippen LogP contribution in [-0.4, -0.2) is 0 Å². The Balaban J connectivity index is 1.78. The zero-order valence-electron chi connectivity index (χ0n) is 11.8. The number of aryl methyl sites for hydroxylation is 3. The molecule has 1 N–H and O–H groups in total. The molecule has 0 atom stereocenters. The van der Waals surface area contributed by atoms with Crippen LogP contribution in [0.5, 0.6) is 0 Å². The first-order valence-corrected chi connectivity index (χ1v) is 7.96. The number of nitrogens with one attached hydrogen (secondary N) is 1. The lowest BCUT2D eigenvalue weighted by Crippen LogP contribution is -2.08. The average Bonchev–Trinajstić information content (AvgIpc) is 2.74. The van der Waals surface area contributed by atoms with Crippen LogP contribution in [0.15, 0.2) is 24.3 Å². The van der Waals surface area contributed by atoms with E-state index in [0.29, 0.717) is 0 Å². The fourth-order valence-electron chi connectivity index (χ4n) is 3.00. The fourth-order valence-corrected chi connectivity index (χ4v) is 3.94. The van der Waals surface area contributed by atoms with Gasteiger partial charge in [0.1, 0.15) is 0 Å². The van der Waals surface area contributed by atoms with Crippen LogP contribution in [0.1, 0.15) is 39.3 Å². The third-order valence-corrected chi connectivity index (χ3v) is 5.02. The highest BCUT2D eigenvalue weighted by molar-refractivity contribution is 7.12. The third-order valence-electron chi connectivity index (χ3n) is 4.01.